The van der Waals surface area contributed by atoms with Crippen LogP contribution in [0.3, 0.4) is 0 Å². The number of H-pyrrole nitrogens is 5. The number of rotatable bonds is 10. The number of aromatic nitrogens is 10. The summed E-state index contributed by atoms with van der Waals surface area (Å²) in [7, 11) is -4.86. The lowest BCUT2D eigenvalue weighted by Gasteiger charge is -2.47. The third kappa shape index (κ3) is 18.2. The van der Waals surface area contributed by atoms with Gasteiger partial charge in [0, 0.05) is 159 Å². The molecule has 31 heteroatoms. The van der Waals surface area contributed by atoms with Crippen LogP contribution in [0.25, 0.3) is 54.5 Å². The highest BCUT2D eigenvalue weighted by Crippen LogP contribution is 2.46. The van der Waals surface area contributed by atoms with E-state index >= 15 is 0 Å². The Kier molecular flexibility index (Phi) is 24.8. The van der Waals surface area contributed by atoms with E-state index in [1.54, 1.807) is 31.4 Å². The van der Waals surface area contributed by atoms with Gasteiger partial charge >= 0.3 is 6.03 Å². The van der Waals surface area contributed by atoms with Crippen LogP contribution in [0.15, 0.2) is 116 Å². The molecule has 2 aliphatic carbocycles. The smallest absolute Gasteiger partial charge is 0.317 e. The molecule has 11 aromatic rings. The molecule has 2 saturated carbocycles. The number of hydrogen-bond acceptors (Lipinski definition) is 16. The average Bonchev–Trinajstić information content (AvgIpc) is 1.23. The molecule has 630 valence electrons. The number of anilines is 6. The molecule has 18 rings (SSSR count). The number of hydrogen-bond donors (Lipinski definition) is 6. The van der Waals surface area contributed by atoms with Crippen molar-refractivity contribution in [1.29, 1.82) is 0 Å². The van der Waals surface area contributed by atoms with Gasteiger partial charge in [0.05, 0.1) is 106 Å². The summed E-state index contributed by atoms with van der Waals surface area (Å²) in [5.41, 5.74) is 15.8. The van der Waals surface area contributed by atoms with Crippen LogP contribution in [-0.2, 0) is 29.6 Å². The lowest BCUT2D eigenvalue weighted by Crippen LogP contribution is -2.60. The van der Waals surface area contributed by atoms with Crippen molar-refractivity contribution in [2.45, 2.75) is 174 Å². The van der Waals surface area contributed by atoms with E-state index in [-0.39, 0.29) is 28.9 Å². The van der Waals surface area contributed by atoms with Crippen LogP contribution in [-0.4, -0.2) is 226 Å². The summed E-state index contributed by atoms with van der Waals surface area (Å²) in [6.07, 6.45) is 24.2. The Bertz CT molecular complexity index is 5700. The minimum Gasteiger partial charge on any atom is -0.368 e. The monoisotopic (exact) mass is 1680 g/mol. The first kappa shape index (κ1) is 84.8. The maximum Gasteiger partial charge on any atom is 0.317 e. The van der Waals surface area contributed by atoms with Crippen molar-refractivity contribution in [2.24, 2.45) is 0 Å². The average molecular weight is 1690 g/mol. The molecule has 118 heavy (non-hydrogen) atoms. The van der Waals surface area contributed by atoms with Gasteiger partial charge in [0.2, 0.25) is 31.9 Å². The van der Waals surface area contributed by atoms with E-state index in [0.29, 0.717) is 67.1 Å². The van der Waals surface area contributed by atoms with E-state index in [2.05, 4.69) is 154 Å². The molecule has 7 aliphatic rings. The largest absolute Gasteiger partial charge is 0.368 e. The van der Waals surface area contributed by atoms with Gasteiger partial charge in [-0.15, -0.1) is 0 Å². The van der Waals surface area contributed by atoms with Crippen molar-refractivity contribution < 1.29 is 31.2 Å². The molecule has 4 saturated heterocycles. The fraction of sp³-hybridized carbons (Fsp3) is 0.494. The fourth-order valence-corrected chi connectivity index (χ4v) is 21.9. The molecule has 27 nitrogen and oxygen atoms in total. The van der Waals surface area contributed by atoms with E-state index in [0.717, 1.165) is 131 Å². The molecule has 6 fully saturated rings. The Hall–Kier alpha value is -9.68. The van der Waals surface area contributed by atoms with Gasteiger partial charge in [-0.2, -0.15) is 29.8 Å². The number of amides is 4. The van der Waals surface area contributed by atoms with Crippen LogP contribution in [0.1, 0.15) is 179 Å². The number of halogens is 2. The lowest BCUT2D eigenvalue weighted by atomic mass is 9.87. The number of carbonyl (C=O) groups excluding carboxylic acids is 3. The fourth-order valence-electron chi connectivity index (χ4n) is 19.2. The summed E-state index contributed by atoms with van der Waals surface area (Å²) in [5, 5.41) is 45.8. The van der Waals surface area contributed by atoms with Gasteiger partial charge in [0.1, 0.15) is 0 Å². The number of fused-ring (bicyclic) bond motifs is 6. The summed E-state index contributed by atoms with van der Waals surface area (Å²) in [6, 6.07) is 28.8. The van der Waals surface area contributed by atoms with Crippen molar-refractivity contribution in [3.8, 4) is 0 Å². The highest BCUT2D eigenvalue weighted by Gasteiger charge is 2.42. The minimum absolute atomic E-state index is 0.00278. The van der Waals surface area contributed by atoms with Gasteiger partial charge < -0.3 is 39.6 Å². The molecule has 6 N–H and O–H groups in total. The second kappa shape index (κ2) is 34.6. The number of nitrogens with zero attached hydrogens (tertiary/aromatic N) is 14. The molecule has 0 unspecified atom stereocenters. The van der Waals surface area contributed by atoms with Crippen LogP contribution in [0.5, 0.6) is 0 Å². The van der Waals surface area contributed by atoms with Gasteiger partial charge in [-0.3, -0.25) is 39.4 Å². The Balaban J connectivity index is 0.000000121. The lowest BCUT2D eigenvalue weighted by molar-refractivity contribution is -0.135. The zero-order valence-electron chi connectivity index (χ0n) is 70.2. The van der Waals surface area contributed by atoms with Crippen molar-refractivity contribution >= 4 is 150 Å². The third-order valence-electron chi connectivity index (χ3n) is 25.0. The first-order chi connectivity index (χ1) is 56.1. The van der Waals surface area contributed by atoms with Gasteiger partial charge in [0.15, 0.2) is 0 Å². The number of likely N-dealkylation sites (tertiary alicyclic amines) is 1. The number of benzene rings is 6. The number of urea groups is 1. The predicted molar refractivity (Wildman–Crippen MR) is 476 cm³/mol. The number of piperazine rings is 3. The number of piperidine rings is 1. The topological polar surface area (TPSA) is 304 Å². The number of sulfonamides is 2. The number of aromatic amines is 5. The van der Waals surface area contributed by atoms with E-state index in [4.69, 9.17) is 23.2 Å². The molecule has 10 heterocycles. The second-order valence-corrected chi connectivity index (χ2v) is 39.7. The molecule has 4 amide bonds. The molecule has 5 aliphatic heterocycles. The Labute approximate surface area is 702 Å². The maximum absolute atomic E-state index is 12.1. The standard InChI is InChI=1S/C20H28N4O.C19H28N4O2S.C18H26N4O.C16H15ClN4O2S.C14H17ClN4O/c1-14(25)24-9-8-23(13-20(24,2)3)19-11-16(15-6-4-5-7-15)10-18-17(19)12-21-22-18;1-19(2)13-22(8-9-23(19)26(3,24)25)18-11-15(14-6-4-5-7-14)10-17-16(18)12-20-21-17;1-12(2)14-8-16-15(10-19-20-16)17(9-14)21-6-7-22(13(3)23)18(4,5)11-21;1-24(22,23)21-7-6-20(14-4-2-3-5-15(14)21)16-9-11(17)8-13-12(16)10-18-19-13;1-16-14(20)19-4-2-9(3-5-19)11-6-10(15)7-13-12(11)8-17-18-13/h10-12,15H,4-9,13H2,1-3H3,(H,21,22);10-12,14H,4-9,13H2,1-3H3,(H,20,21);8-10,12H,6-7,11H2,1-5H3,(H,19,20);2-5,8-10H,6-7H2,1H3,(H,18,19);6-9H,2-5H2,1H3,(H,16,20)(H,17,18). The van der Waals surface area contributed by atoms with Crippen molar-refractivity contribution in [1.82, 2.24) is 75.3 Å². The highest BCUT2D eigenvalue weighted by molar-refractivity contribution is 7.92. The summed E-state index contributed by atoms with van der Waals surface area (Å²) in [5.74, 6) is 2.52. The van der Waals surface area contributed by atoms with Crippen LogP contribution >= 0.6 is 23.2 Å². The third-order valence-corrected chi connectivity index (χ3v) is 28.1. The van der Waals surface area contributed by atoms with E-state index in [9.17, 15) is 31.2 Å². The summed E-state index contributed by atoms with van der Waals surface area (Å²) < 4.78 is 51.5. The van der Waals surface area contributed by atoms with Gasteiger partial charge in [-0.05, 0) is 199 Å². The second-order valence-electron chi connectivity index (χ2n) is 35.0. The van der Waals surface area contributed by atoms with Crippen molar-refractivity contribution in [3.05, 3.63) is 148 Å². The number of para-hydroxylation sites is 2. The Morgan fingerprint density at radius 1 is 0.449 bits per heavy atom. The SMILES string of the molecule is CC(=O)N1CCN(c2cc(C(C)C)cc3[nH]ncc23)CC1(C)C.CC(=O)N1CCN(c2cc(C3CCCC3)cc3[nH]ncc23)CC1(C)C.CC1(C)CN(c2cc(C3CCCC3)cc3[nH]ncc23)CCN1S(C)(=O)=O.CNC(=O)N1CCC(c2cc(Cl)cc3[nH]ncc23)CC1.CS(=O)(=O)N1CCN(c2cc(Cl)cc3[nH]ncc23)c2ccccc21. The molecule has 0 radical (unpaired) electrons. The number of nitrogens with one attached hydrogen (secondary N) is 6. The summed E-state index contributed by atoms with van der Waals surface area (Å²) >= 11 is 12.4. The molecular formula is C87H114Cl2N20O7S2. The van der Waals surface area contributed by atoms with Crippen molar-refractivity contribution in [2.75, 3.05) is 129 Å². The van der Waals surface area contributed by atoms with E-state index in [1.807, 2.05) is 102 Å². The van der Waals surface area contributed by atoms with Crippen LogP contribution in [0, 0.1) is 0 Å². The van der Waals surface area contributed by atoms with Crippen LogP contribution in [0.2, 0.25) is 10.0 Å². The highest BCUT2D eigenvalue weighted by atomic mass is 35.5. The molecule has 0 bridgehead atoms. The van der Waals surface area contributed by atoms with E-state index < -0.39 is 25.6 Å². The van der Waals surface area contributed by atoms with Gasteiger partial charge in [-0.1, -0.05) is 74.9 Å². The zero-order chi connectivity index (χ0) is 83.9. The molecule has 0 atom stereocenters. The quantitative estimate of drug-likeness (QED) is 0.0741. The van der Waals surface area contributed by atoms with Crippen LogP contribution in [0.4, 0.5) is 38.9 Å². The van der Waals surface area contributed by atoms with Gasteiger partial charge in [0.25, 0.3) is 0 Å². The molecular weight excluding hydrogens is 1570 g/mol. The predicted octanol–water partition coefficient (Wildman–Crippen LogP) is 15.8. The van der Waals surface area contributed by atoms with Crippen LogP contribution < -0.4 is 29.2 Å². The molecule has 6 aromatic carbocycles. The number of carbonyl (C=O) groups is 3. The Morgan fingerprint density at radius 3 is 1.31 bits per heavy atom. The normalized spacial score (nSPS) is 18.8. The maximum atomic E-state index is 12.1. The first-order valence-electron chi connectivity index (χ1n) is 41.4. The van der Waals surface area contributed by atoms with Crippen molar-refractivity contribution in [3.63, 3.8) is 0 Å². The van der Waals surface area contributed by atoms with Gasteiger partial charge in [-0.25, -0.2) is 21.6 Å². The molecule has 0 spiro atoms. The molecule has 5 aromatic heterocycles. The summed E-state index contributed by atoms with van der Waals surface area (Å²) in [6.45, 7) is 29.6. The first-order valence-corrected chi connectivity index (χ1v) is 45.9. The minimum atomic E-state index is -3.32. The Morgan fingerprint density at radius 2 is 0.864 bits per heavy atom. The zero-order valence-corrected chi connectivity index (χ0v) is 73.4. The summed E-state index contributed by atoms with van der Waals surface area (Å²) in [4.78, 5) is 50.5. The van der Waals surface area contributed by atoms with E-state index in [1.165, 1.54) is 113 Å².